The standard InChI is InChI=1S/C28H30N6O2/c1-2-3-13-24-25(26(35)21-9-5-4-6-10-21)29-28(36)34(24)18-19-14-16-20(17-15-19)22-11-7-8-12-23(22)27-30-32-33-31-27/h2,7-8,11-12,14-17,21H,1,3-6,9-10,13,18H2,(H,29,36)(H,30,31,32,33). The predicted molar refractivity (Wildman–Crippen MR) is 139 cm³/mol. The van der Waals surface area contributed by atoms with Gasteiger partial charge in [0.25, 0.3) is 0 Å². The first kappa shape index (κ1) is 23.7. The molecule has 0 saturated heterocycles. The molecule has 184 valence electrons. The summed E-state index contributed by atoms with van der Waals surface area (Å²) in [6.45, 7) is 4.22. The van der Waals surface area contributed by atoms with Crippen LogP contribution in [0.5, 0.6) is 0 Å². The highest BCUT2D eigenvalue weighted by Gasteiger charge is 2.27. The van der Waals surface area contributed by atoms with E-state index in [9.17, 15) is 9.59 Å². The first-order chi connectivity index (χ1) is 17.7. The molecule has 0 unspecified atom stereocenters. The lowest BCUT2D eigenvalue weighted by Gasteiger charge is -2.20. The summed E-state index contributed by atoms with van der Waals surface area (Å²) >= 11 is 0. The molecule has 0 bridgehead atoms. The lowest BCUT2D eigenvalue weighted by Crippen LogP contribution is -2.20. The number of benzene rings is 2. The quantitative estimate of drug-likeness (QED) is 0.259. The topological polar surface area (TPSA) is 109 Å². The molecule has 0 radical (unpaired) electrons. The number of aromatic amines is 2. The minimum absolute atomic E-state index is 0.00615. The third kappa shape index (κ3) is 4.84. The second-order valence-electron chi connectivity index (χ2n) is 9.36. The van der Waals surface area contributed by atoms with Crippen LogP contribution in [-0.4, -0.2) is 36.0 Å². The highest BCUT2D eigenvalue weighted by Crippen LogP contribution is 2.30. The molecule has 5 rings (SSSR count). The fraction of sp³-hybridized carbons (Fsp3) is 0.321. The van der Waals surface area contributed by atoms with E-state index in [-0.39, 0.29) is 17.4 Å². The Morgan fingerprint density at radius 3 is 2.50 bits per heavy atom. The van der Waals surface area contributed by atoms with Gasteiger partial charge in [-0.05, 0) is 52.8 Å². The summed E-state index contributed by atoms with van der Waals surface area (Å²) in [5.41, 5.74) is 4.95. The van der Waals surface area contributed by atoms with Crippen LogP contribution in [0.2, 0.25) is 0 Å². The number of tetrazole rings is 1. The molecule has 1 aliphatic rings. The Hall–Kier alpha value is -4.07. The lowest BCUT2D eigenvalue weighted by molar-refractivity contribution is 0.0883. The molecular formula is C28H30N6O2. The van der Waals surface area contributed by atoms with Crippen molar-refractivity contribution < 1.29 is 4.79 Å². The molecule has 1 aliphatic carbocycles. The zero-order valence-corrected chi connectivity index (χ0v) is 20.2. The Morgan fingerprint density at radius 2 is 1.81 bits per heavy atom. The minimum atomic E-state index is -0.236. The minimum Gasteiger partial charge on any atom is -0.303 e. The van der Waals surface area contributed by atoms with E-state index >= 15 is 0 Å². The maximum absolute atomic E-state index is 13.3. The molecule has 2 heterocycles. The number of carbonyl (C=O) groups is 1. The number of hydrogen-bond donors (Lipinski definition) is 2. The van der Waals surface area contributed by atoms with E-state index in [1.165, 1.54) is 6.42 Å². The van der Waals surface area contributed by atoms with Crippen LogP contribution in [0.4, 0.5) is 0 Å². The second-order valence-corrected chi connectivity index (χ2v) is 9.36. The van der Waals surface area contributed by atoms with Gasteiger partial charge in [-0.15, -0.1) is 11.7 Å². The van der Waals surface area contributed by atoms with Gasteiger partial charge in [0.15, 0.2) is 11.6 Å². The van der Waals surface area contributed by atoms with E-state index in [1.807, 2.05) is 54.6 Å². The van der Waals surface area contributed by atoms with E-state index in [4.69, 9.17) is 0 Å². The summed E-state index contributed by atoms with van der Waals surface area (Å²) in [6.07, 6.45) is 8.27. The highest BCUT2D eigenvalue weighted by atomic mass is 16.2. The largest absolute Gasteiger partial charge is 0.326 e. The van der Waals surface area contributed by atoms with Crippen molar-refractivity contribution in [3.05, 3.63) is 88.6 Å². The Labute approximate surface area is 209 Å². The second kappa shape index (κ2) is 10.7. The number of ketones is 1. The number of hydrogen-bond acceptors (Lipinski definition) is 5. The average Bonchev–Trinajstić information content (AvgIpc) is 3.57. The molecule has 2 aromatic heterocycles. The Balaban J connectivity index is 1.43. The third-order valence-corrected chi connectivity index (χ3v) is 7.03. The summed E-state index contributed by atoms with van der Waals surface area (Å²) in [5.74, 6) is 0.695. The van der Waals surface area contributed by atoms with Gasteiger partial charge in [-0.2, -0.15) is 0 Å². The van der Waals surface area contributed by atoms with E-state index in [0.717, 1.165) is 53.6 Å². The molecule has 0 amide bonds. The molecule has 2 N–H and O–H groups in total. The number of nitrogens with one attached hydrogen (secondary N) is 2. The molecule has 0 atom stereocenters. The molecule has 36 heavy (non-hydrogen) atoms. The normalized spacial score (nSPS) is 14.1. The number of imidazole rings is 1. The molecule has 8 nitrogen and oxygen atoms in total. The van der Waals surface area contributed by atoms with Crippen LogP contribution in [0.25, 0.3) is 22.5 Å². The van der Waals surface area contributed by atoms with E-state index in [0.29, 0.717) is 30.9 Å². The fourth-order valence-corrected chi connectivity index (χ4v) is 5.13. The molecule has 1 fully saturated rings. The van der Waals surface area contributed by atoms with Crippen molar-refractivity contribution in [2.24, 2.45) is 5.92 Å². The van der Waals surface area contributed by atoms with Crippen molar-refractivity contribution in [1.82, 2.24) is 30.2 Å². The van der Waals surface area contributed by atoms with Crippen molar-refractivity contribution in [2.45, 2.75) is 51.5 Å². The van der Waals surface area contributed by atoms with Gasteiger partial charge in [0, 0.05) is 11.5 Å². The summed E-state index contributed by atoms with van der Waals surface area (Å²) < 4.78 is 1.71. The van der Waals surface area contributed by atoms with Crippen molar-refractivity contribution >= 4 is 5.78 Å². The summed E-state index contributed by atoms with van der Waals surface area (Å²) in [4.78, 5) is 29.2. The Bertz CT molecular complexity index is 1390. The molecule has 0 aliphatic heterocycles. The monoisotopic (exact) mass is 482 g/mol. The number of Topliss-reactive ketones (excluding diaryl/α,β-unsaturated/α-hetero) is 1. The summed E-state index contributed by atoms with van der Waals surface area (Å²) in [5, 5.41) is 14.3. The first-order valence-electron chi connectivity index (χ1n) is 12.5. The lowest BCUT2D eigenvalue weighted by atomic mass is 9.84. The van der Waals surface area contributed by atoms with Crippen LogP contribution in [0.3, 0.4) is 0 Å². The third-order valence-electron chi connectivity index (χ3n) is 7.03. The van der Waals surface area contributed by atoms with E-state index in [2.05, 4.69) is 32.2 Å². The number of rotatable bonds is 9. The van der Waals surface area contributed by atoms with Gasteiger partial charge in [-0.25, -0.2) is 9.89 Å². The number of carbonyl (C=O) groups excluding carboxylic acids is 1. The zero-order valence-electron chi connectivity index (χ0n) is 20.2. The van der Waals surface area contributed by atoms with Crippen LogP contribution in [0.15, 0.2) is 66.0 Å². The van der Waals surface area contributed by atoms with Crippen LogP contribution >= 0.6 is 0 Å². The van der Waals surface area contributed by atoms with Crippen LogP contribution in [0.1, 0.15) is 60.3 Å². The maximum Gasteiger partial charge on any atom is 0.326 e. The number of aromatic nitrogens is 6. The van der Waals surface area contributed by atoms with Crippen molar-refractivity contribution in [2.75, 3.05) is 0 Å². The first-order valence-corrected chi connectivity index (χ1v) is 12.5. The molecule has 4 aromatic rings. The predicted octanol–water partition coefficient (Wildman–Crippen LogP) is 4.95. The number of H-pyrrole nitrogens is 2. The summed E-state index contributed by atoms with van der Waals surface area (Å²) in [7, 11) is 0. The van der Waals surface area contributed by atoms with Gasteiger partial charge in [0.1, 0.15) is 5.69 Å². The van der Waals surface area contributed by atoms with Gasteiger partial charge < -0.3 is 4.98 Å². The molecule has 0 spiro atoms. The van der Waals surface area contributed by atoms with Crippen LogP contribution in [-0.2, 0) is 13.0 Å². The van der Waals surface area contributed by atoms with Crippen LogP contribution < -0.4 is 5.69 Å². The fourth-order valence-electron chi connectivity index (χ4n) is 5.13. The molecule has 2 aromatic carbocycles. The zero-order chi connectivity index (χ0) is 24.9. The van der Waals surface area contributed by atoms with Crippen molar-refractivity contribution in [3.8, 4) is 22.5 Å². The Morgan fingerprint density at radius 1 is 1.06 bits per heavy atom. The van der Waals surface area contributed by atoms with Crippen molar-refractivity contribution in [1.29, 1.82) is 0 Å². The Kier molecular flexibility index (Phi) is 7.02. The van der Waals surface area contributed by atoms with Gasteiger partial charge in [0.2, 0.25) is 0 Å². The van der Waals surface area contributed by atoms with Gasteiger partial charge in [-0.3, -0.25) is 9.36 Å². The number of nitrogens with zero attached hydrogens (tertiary/aromatic N) is 4. The van der Waals surface area contributed by atoms with Crippen LogP contribution in [0, 0.1) is 5.92 Å². The molecule has 1 saturated carbocycles. The van der Waals surface area contributed by atoms with Crippen molar-refractivity contribution in [3.63, 3.8) is 0 Å². The van der Waals surface area contributed by atoms with E-state index in [1.54, 1.807) is 4.57 Å². The van der Waals surface area contributed by atoms with E-state index < -0.39 is 0 Å². The molecule has 8 heteroatoms. The number of allylic oxidation sites excluding steroid dienone is 1. The summed E-state index contributed by atoms with van der Waals surface area (Å²) in [6, 6.07) is 16.0. The van der Waals surface area contributed by atoms with Gasteiger partial charge in [-0.1, -0.05) is 73.9 Å². The smallest absolute Gasteiger partial charge is 0.303 e. The van der Waals surface area contributed by atoms with Gasteiger partial charge >= 0.3 is 5.69 Å². The average molecular weight is 483 g/mol. The SMILES string of the molecule is C=CCCc1c(C(=O)C2CCCCC2)[nH]c(=O)n1Cc1ccc(-c2ccccc2-c2nnn[nH]2)cc1. The maximum atomic E-state index is 13.3. The van der Waals surface area contributed by atoms with Gasteiger partial charge in [0.05, 0.1) is 12.2 Å². The highest BCUT2D eigenvalue weighted by molar-refractivity contribution is 5.97. The molecular weight excluding hydrogens is 452 g/mol.